The largest absolute Gasteiger partial charge is 0.416 e. The van der Waals surface area contributed by atoms with Crippen molar-refractivity contribution in [1.82, 2.24) is 4.90 Å². The molecule has 0 amide bonds. The molecule has 2 atom stereocenters. The summed E-state index contributed by atoms with van der Waals surface area (Å²) < 4.78 is 38.9. The predicted molar refractivity (Wildman–Crippen MR) is 108 cm³/mol. The number of hydrogen-bond acceptors (Lipinski definition) is 1. The van der Waals surface area contributed by atoms with Crippen molar-refractivity contribution in [3.8, 4) is 11.1 Å². The van der Waals surface area contributed by atoms with E-state index in [1.54, 1.807) is 12.1 Å². The minimum atomic E-state index is -4.31. The van der Waals surface area contributed by atoms with Gasteiger partial charge in [-0.1, -0.05) is 60.7 Å². The molecule has 3 aromatic rings. The molecule has 1 nitrogen and oxygen atoms in total. The fourth-order valence-electron chi connectivity index (χ4n) is 5.01. The van der Waals surface area contributed by atoms with E-state index in [0.717, 1.165) is 37.1 Å². The van der Waals surface area contributed by atoms with E-state index >= 15 is 0 Å². The second-order valence-electron chi connectivity index (χ2n) is 8.08. The van der Waals surface area contributed by atoms with Crippen molar-refractivity contribution in [2.45, 2.75) is 37.5 Å². The number of fused-ring (bicyclic) bond motifs is 5. The summed E-state index contributed by atoms with van der Waals surface area (Å²) >= 11 is 0. The summed E-state index contributed by atoms with van der Waals surface area (Å²) in [6.45, 7) is 1.95. The van der Waals surface area contributed by atoms with E-state index in [2.05, 4.69) is 41.3 Å². The lowest BCUT2D eigenvalue weighted by atomic mass is 9.93. The molecule has 0 radical (unpaired) electrons. The number of hydrogen-bond donors (Lipinski definition) is 0. The van der Waals surface area contributed by atoms with Crippen molar-refractivity contribution in [2.75, 3.05) is 6.54 Å². The van der Waals surface area contributed by atoms with Gasteiger partial charge in [0.25, 0.3) is 0 Å². The molecule has 0 saturated carbocycles. The fourth-order valence-corrected chi connectivity index (χ4v) is 5.01. The third kappa shape index (κ3) is 3.36. The van der Waals surface area contributed by atoms with Crippen LogP contribution in [0.25, 0.3) is 11.1 Å². The zero-order valence-corrected chi connectivity index (χ0v) is 16.0. The summed E-state index contributed by atoms with van der Waals surface area (Å²) in [5.74, 6) is 0.552. The normalized spacial score (nSPS) is 21.2. The molecule has 1 fully saturated rings. The van der Waals surface area contributed by atoms with Crippen molar-refractivity contribution >= 4 is 0 Å². The third-order valence-corrected chi connectivity index (χ3v) is 6.38. The highest BCUT2D eigenvalue weighted by Gasteiger charge is 2.40. The van der Waals surface area contributed by atoms with E-state index in [1.807, 2.05) is 12.1 Å². The number of alkyl halides is 3. The second-order valence-corrected chi connectivity index (χ2v) is 8.08. The zero-order valence-electron chi connectivity index (χ0n) is 16.0. The molecule has 0 spiro atoms. The van der Waals surface area contributed by atoms with Gasteiger partial charge in [-0.25, -0.2) is 0 Å². The molecule has 1 aliphatic heterocycles. The number of rotatable bonds is 3. The molecule has 29 heavy (non-hydrogen) atoms. The fraction of sp³-hybridized carbons (Fsp3) is 0.280. The van der Waals surface area contributed by atoms with Crippen LogP contribution in [0.4, 0.5) is 13.2 Å². The Morgan fingerprint density at radius 2 is 1.62 bits per heavy atom. The first-order chi connectivity index (χ1) is 14.0. The van der Waals surface area contributed by atoms with Gasteiger partial charge in [-0.05, 0) is 65.3 Å². The number of halogens is 3. The minimum Gasteiger partial charge on any atom is -0.292 e. The molecule has 1 unspecified atom stereocenters. The Kier molecular flexibility index (Phi) is 4.47. The van der Waals surface area contributed by atoms with Crippen LogP contribution in [0.5, 0.6) is 0 Å². The summed E-state index contributed by atoms with van der Waals surface area (Å²) in [4.78, 5) is 2.53. The summed E-state index contributed by atoms with van der Waals surface area (Å²) in [5, 5.41) is 0. The molecule has 0 N–H and O–H groups in total. The zero-order chi connectivity index (χ0) is 20.0. The first-order valence-electron chi connectivity index (χ1n) is 10.1. The van der Waals surface area contributed by atoms with Crippen molar-refractivity contribution in [3.05, 3.63) is 95.1 Å². The van der Waals surface area contributed by atoms with E-state index in [1.165, 1.54) is 28.8 Å². The van der Waals surface area contributed by atoms with Gasteiger partial charge in [-0.2, -0.15) is 13.2 Å². The predicted octanol–water partition coefficient (Wildman–Crippen LogP) is 6.81. The number of benzene rings is 3. The Morgan fingerprint density at radius 1 is 0.862 bits per heavy atom. The Bertz CT molecular complexity index is 1010. The van der Waals surface area contributed by atoms with Gasteiger partial charge in [-0.15, -0.1) is 0 Å². The Morgan fingerprint density at radius 3 is 2.34 bits per heavy atom. The van der Waals surface area contributed by atoms with E-state index in [4.69, 9.17) is 0 Å². The highest BCUT2D eigenvalue weighted by molar-refractivity contribution is 5.71. The SMILES string of the molecule is FC(F)(F)c1ccc(-c2cccc3c2[C@H]2CC3CCN2Cc2ccccc2)cc1. The van der Waals surface area contributed by atoms with Crippen molar-refractivity contribution in [3.63, 3.8) is 0 Å². The smallest absolute Gasteiger partial charge is 0.292 e. The van der Waals surface area contributed by atoms with Crippen molar-refractivity contribution in [1.29, 1.82) is 0 Å². The maximum atomic E-state index is 13.0. The average molecular weight is 393 g/mol. The van der Waals surface area contributed by atoms with Gasteiger partial charge in [-0.3, -0.25) is 4.90 Å². The molecular formula is C25H22F3N. The third-order valence-electron chi connectivity index (χ3n) is 6.38. The van der Waals surface area contributed by atoms with E-state index in [9.17, 15) is 13.2 Å². The van der Waals surface area contributed by atoms with Crippen LogP contribution in [0.15, 0.2) is 72.8 Å². The van der Waals surface area contributed by atoms with Crippen LogP contribution in [0, 0.1) is 0 Å². The Balaban J connectivity index is 1.52. The summed E-state index contributed by atoms with van der Waals surface area (Å²) in [6, 6.07) is 22.7. The van der Waals surface area contributed by atoms with Gasteiger partial charge in [0.15, 0.2) is 0 Å². The molecule has 3 aromatic carbocycles. The molecule has 4 heteroatoms. The van der Waals surface area contributed by atoms with E-state index < -0.39 is 11.7 Å². The molecule has 0 aromatic heterocycles. The van der Waals surface area contributed by atoms with Crippen LogP contribution in [0.2, 0.25) is 0 Å². The maximum absolute atomic E-state index is 13.0. The van der Waals surface area contributed by atoms with Crippen LogP contribution in [-0.2, 0) is 12.7 Å². The van der Waals surface area contributed by atoms with Gasteiger partial charge in [0.05, 0.1) is 5.56 Å². The molecular weight excluding hydrogens is 371 g/mol. The lowest BCUT2D eigenvalue weighted by molar-refractivity contribution is -0.137. The average Bonchev–Trinajstić information content (AvgIpc) is 3.04. The topological polar surface area (TPSA) is 3.24 Å². The molecule has 2 aliphatic rings. The number of likely N-dealkylation sites (tertiary alicyclic amines) is 1. The van der Waals surface area contributed by atoms with Crippen LogP contribution < -0.4 is 0 Å². The Labute approximate surface area is 168 Å². The molecule has 2 bridgehead atoms. The molecule has 1 saturated heterocycles. The van der Waals surface area contributed by atoms with Gasteiger partial charge in [0.2, 0.25) is 0 Å². The molecule has 1 aliphatic carbocycles. The minimum absolute atomic E-state index is 0.322. The number of piperidine rings is 1. The van der Waals surface area contributed by atoms with Crippen molar-refractivity contribution in [2.24, 2.45) is 0 Å². The standard InChI is InChI=1S/C25H22F3N/c26-25(27,28)20-11-9-18(10-12-20)21-7-4-8-22-19-13-14-29(23(15-19)24(21)22)16-17-5-2-1-3-6-17/h1-12,19,23H,13-16H2/t19?,23-/m1/s1. The summed E-state index contributed by atoms with van der Waals surface area (Å²) in [5.41, 5.74) is 5.32. The van der Waals surface area contributed by atoms with Crippen LogP contribution in [0.3, 0.4) is 0 Å². The monoisotopic (exact) mass is 393 g/mol. The number of nitrogens with zero attached hydrogens (tertiary/aromatic N) is 1. The first-order valence-corrected chi connectivity index (χ1v) is 10.1. The first kappa shape index (κ1) is 18.4. The van der Waals surface area contributed by atoms with Gasteiger partial charge in [0.1, 0.15) is 0 Å². The van der Waals surface area contributed by atoms with Crippen LogP contribution in [-0.4, -0.2) is 11.4 Å². The molecule has 5 rings (SSSR count). The summed E-state index contributed by atoms with van der Waals surface area (Å²) in [7, 11) is 0. The molecule has 1 heterocycles. The van der Waals surface area contributed by atoms with Crippen LogP contribution in [0.1, 0.15) is 47.1 Å². The van der Waals surface area contributed by atoms with Gasteiger partial charge >= 0.3 is 6.18 Å². The quantitative estimate of drug-likeness (QED) is 0.473. The Hall–Kier alpha value is -2.59. The lowest BCUT2D eigenvalue weighted by Gasteiger charge is -2.34. The van der Waals surface area contributed by atoms with E-state index in [0.29, 0.717) is 12.0 Å². The second kappa shape index (κ2) is 7.03. The van der Waals surface area contributed by atoms with Crippen LogP contribution >= 0.6 is 0 Å². The van der Waals surface area contributed by atoms with Gasteiger partial charge < -0.3 is 0 Å². The van der Waals surface area contributed by atoms with Crippen molar-refractivity contribution < 1.29 is 13.2 Å². The maximum Gasteiger partial charge on any atom is 0.416 e. The van der Waals surface area contributed by atoms with E-state index in [-0.39, 0.29) is 0 Å². The molecule has 148 valence electrons. The summed E-state index contributed by atoms with van der Waals surface area (Å²) in [6.07, 6.45) is -2.08. The lowest BCUT2D eigenvalue weighted by Crippen LogP contribution is -2.31. The highest BCUT2D eigenvalue weighted by atomic mass is 19.4. The highest BCUT2D eigenvalue weighted by Crippen LogP contribution is 2.52. The van der Waals surface area contributed by atoms with Gasteiger partial charge in [0, 0.05) is 12.6 Å².